The Kier molecular flexibility index (Phi) is 14.8. The molecule has 1 heterocycles. The lowest BCUT2D eigenvalue weighted by Crippen LogP contribution is -2.40. The van der Waals surface area contributed by atoms with Crippen molar-refractivity contribution in [2.45, 2.75) is 25.4 Å². The van der Waals surface area contributed by atoms with E-state index in [1.165, 1.54) is 0 Å². The van der Waals surface area contributed by atoms with Gasteiger partial charge in [-0.1, -0.05) is 66.7 Å². The van der Waals surface area contributed by atoms with Gasteiger partial charge in [0.1, 0.15) is 12.2 Å². The Labute approximate surface area is 258 Å². The van der Waals surface area contributed by atoms with E-state index < -0.39 is 12.2 Å². The van der Waals surface area contributed by atoms with Crippen molar-refractivity contribution >= 4 is 11.8 Å². The molecule has 2 bridgehead atoms. The molecule has 10 nitrogen and oxygen atoms in total. The number of carbonyl (C=O) groups is 2. The van der Waals surface area contributed by atoms with Crippen LogP contribution in [-0.2, 0) is 41.6 Å². The maximum Gasteiger partial charge on any atom is 0.251 e. The molecule has 236 valence electrons. The summed E-state index contributed by atoms with van der Waals surface area (Å²) in [6.45, 7) is 3.94. The molecule has 0 radical (unpaired) electrons. The lowest BCUT2D eigenvalue weighted by atomic mass is 10.1. The van der Waals surface area contributed by atoms with E-state index in [-0.39, 0.29) is 25.0 Å². The molecule has 1 unspecified atom stereocenters. The van der Waals surface area contributed by atoms with Crippen molar-refractivity contribution in [3.05, 3.63) is 107 Å². The first kappa shape index (κ1) is 33.3. The van der Waals surface area contributed by atoms with Gasteiger partial charge in [-0.15, -0.1) is 0 Å². The average Bonchev–Trinajstić information content (AvgIpc) is 3.06. The van der Waals surface area contributed by atoms with Crippen LogP contribution in [0, 0.1) is 0 Å². The zero-order valence-electron chi connectivity index (χ0n) is 25.0. The van der Waals surface area contributed by atoms with Crippen molar-refractivity contribution in [1.82, 2.24) is 10.6 Å². The molecule has 2 N–H and O–H groups in total. The summed E-state index contributed by atoms with van der Waals surface area (Å²) < 4.78 is 36.0. The molecule has 0 spiro atoms. The summed E-state index contributed by atoms with van der Waals surface area (Å²) in [7, 11) is 0. The highest BCUT2D eigenvalue weighted by molar-refractivity contribution is 5.99. The van der Waals surface area contributed by atoms with Gasteiger partial charge >= 0.3 is 0 Å². The van der Waals surface area contributed by atoms with E-state index in [1.807, 2.05) is 60.7 Å². The Morgan fingerprint density at radius 3 is 1.48 bits per heavy atom. The molecule has 44 heavy (non-hydrogen) atoms. The summed E-state index contributed by atoms with van der Waals surface area (Å²) in [6.07, 6.45) is -0.866. The van der Waals surface area contributed by atoms with Gasteiger partial charge < -0.3 is 39.1 Å². The number of rotatable bonds is 8. The minimum Gasteiger partial charge on any atom is -0.377 e. The zero-order chi connectivity index (χ0) is 30.7. The first-order chi connectivity index (χ1) is 21.7. The molecule has 3 aromatic rings. The predicted octanol–water partition coefficient (Wildman–Crippen LogP) is 3.40. The molecule has 2 atom stereocenters. The zero-order valence-corrected chi connectivity index (χ0v) is 25.0. The van der Waals surface area contributed by atoms with Crippen molar-refractivity contribution in [3.8, 4) is 0 Å². The molecule has 4 rings (SSSR count). The summed E-state index contributed by atoms with van der Waals surface area (Å²) in [5, 5.41) is 5.64. The molecule has 0 aromatic heterocycles. The summed E-state index contributed by atoms with van der Waals surface area (Å²) in [6, 6.07) is 26.5. The fourth-order valence-corrected chi connectivity index (χ4v) is 4.46. The lowest BCUT2D eigenvalue weighted by molar-refractivity contribution is -0.141. The van der Waals surface area contributed by atoms with E-state index in [9.17, 15) is 9.59 Å². The Morgan fingerprint density at radius 2 is 1.02 bits per heavy atom. The van der Waals surface area contributed by atoms with Crippen molar-refractivity contribution in [3.63, 3.8) is 0 Å². The Hall–Kier alpha value is -3.64. The standard InChI is InChI=1S/C34H42N2O8/c37-33-29-12-7-13-30(22-29)34(38)36-15-17-40-19-21-44-32(26-42-24-28-10-5-2-6-11-28)31(43-20-18-39-16-14-35-33)25-41-23-27-8-3-1-4-9-27/h1-13,22,31-32H,14-21,23-26H2,(H,35,37)(H,36,38)/t31-,32?/m1/s1. The Bertz CT molecular complexity index is 1150. The fraction of sp³-hybridized carbons (Fsp3) is 0.412. The van der Waals surface area contributed by atoms with Gasteiger partial charge in [0.05, 0.1) is 66.1 Å². The number of hydrogen-bond donors (Lipinski definition) is 2. The van der Waals surface area contributed by atoms with Gasteiger partial charge in [0.2, 0.25) is 0 Å². The van der Waals surface area contributed by atoms with Crippen molar-refractivity contribution in [2.24, 2.45) is 0 Å². The SMILES string of the molecule is O=C1NCCOCCOC(COCc2ccccc2)[C@@H](COCc2ccccc2)OCCOCCNC(=O)c2cccc1c2. The highest BCUT2D eigenvalue weighted by Gasteiger charge is 2.24. The number of ether oxygens (including phenoxy) is 6. The van der Waals surface area contributed by atoms with Gasteiger partial charge in [0.25, 0.3) is 11.8 Å². The van der Waals surface area contributed by atoms with Crippen molar-refractivity contribution < 1.29 is 38.0 Å². The van der Waals surface area contributed by atoms with Crippen LogP contribution in [0.25, 0.3) is 0 Å². The second-order valence-corrected chi connectivity index (χ2v) is 10.1. The third kappa shape index (κ3) is 12.2. The molecule has 1 aliphatic rings. The molecule has 0 fully saturated rings. The van der Waals surface area contributed by atoms with Crippen molar-refractivity contribution in [1.29, 1.82) is 0 Å². The minimum atomic E-state index is -0.433. The van der Waals surface area contributed by atoms with Gasteiger partial charge in [0.15, 0.2) is 0 Å². The maximum atomic E-state index is 12.6. The summed E-state index contributed by atoms with van der Waals surface area (Å²) in [4.78, 5) is 25.2. The summed E-state index contributed by atoms with van der Waals surface area (Å²) >= 11 is 0. The minimum absolute atomic E-state index is 0.278. The van der Waals surface area contributed by atoms with Gasteiger partial charge in [-0.25, -0.2) is 0 Å². The van der Waals surface area contributed by atoms with Crippen LogP contribution >= 0.6 is 0 Å². The van der Waals surface area contributed by atoms with Gasteiger partial charge in [-0.05, 0) is 29.3 Å². The molecular formula is C34H42N2O8. The van der Waals surface area contributed by atoms with Crippen LogP contribution in [0.5, 0.6) is 0 Å². The number of nitrogens with one attached hydrogen (secondary N) is 2. The van der Waals surface area contributed by atoms with Crippen LogP contribution in [0.4, 0.5) is 0 Å². The molecule has 0 aliphatic carbocycles. The molecule has 2 amide bonds. The normalized spacial score (nSPS) is 19.7. The van der Waals surface area contributed by atoms with E-state index in [1.54, 1.807) is 24.3 Å². The van der Waals surface area contributed by atoms with E-state index >= 15 is 0 Å². The maximum absolute atomic E-state index is 12.6. The first-order valence-electron chi connectivity index (χ1n) is 15.0. The molecule has 0 saturated carbocycles. The van der Waals surface area contributed by atoms with Crippen molar-refractivity contribution in [2.75, 3.05) is 65.9 Å². The molecule has 0 saturated heterocycles. The largest absolute Gasteiger partial charge is 0.377 e. The average molecular weight is 607 g/mol. The van der Waals surface area contributed by atoms with E-state index in [4.69, 9.17) is 28.4 Å². The van der Waals surface area contributed by atoms with E-state index in [0.717, 1.165) is 11.1 Å². The van der Waals surface area contributed by atoms with Crippen LogP contribution in [0.3, 0.4) is 0 Å². The number of carbonyl (C=O) groups excluding carboxylic acids is 2. The highest BCUT2D eigenvalue weighted by atomic mass is 16.6. The van der Waals surface area contributed by atoms with E-state index in [0.29, 0.717) is 77.1 Å². The first-order valence-corrected chi connectivity index (χ1v) is 15.0. The topological polar surface area (TPSA) is 114 Å². The highest BCUT2D eigenvalue weighted by Crippen LogP contribution is 2.12. The molecule has 1 aliphatic heterocycles. The second-order valence-electron chi connectivity index (χ2n) is 10.1. The predicted molar refractivity (Wildman–Crippen MR) is 164 cm³/mol. The van der Waals surface area contributed by atoms with Crippen LogP contribution < -0.4 is 10.6 Å². The van der Waals surface area contributed by atoms with E-state index in [2.05, 4.69) is 10.6 Å². The van der Waals surface area contributed by atoms with Gasteiger partial charge in [0, 0.05) is 24.2 Å². The van der Waals surface area contributed by atoms with Gasteiger partial charge in [-0.3, -0.25) is 9.59 Å². The number of hydrogen-bond acceptors (Lipinski definition) is 8. The smallest absolute Gasteiger partial charge is 0.251 e. The lowest BCUT2D eigenvalue weighted by Gasteiger charge is -2.27. The van der Waals surface area contributed by atoms with Crippen LogP contribution in [0.1, 0.15) is 31.8 Å². The third-order valence-corrected chi connectivity index (χ3v) is 6.77. The number of amides is 2. The number of benzene rings is 3. The summed E-state index contributed by atoms with van der Waals surface area (Å²) in [5.41, 5.74) is 2.92. The molecular weight excluding hydrogens is 564 g/mol. The number of fused-ring (bicyclic) bond motifs is 2. The van der Waals surface area contributed by atoms with Crippen LogP contribution in [-0.4, -0.2) is 90.0 Å². The monoisotopic (exact) mass is 606 g/mol. The fourth-order valence-electron chi connectivity index (χ4n) is 4.46. The Morgan fingerprint density at radius 1 is 0.568 bits per heavy atom. The molecule has 10 heteroatoms. The third-order valence-electron chi connectivity index (χ3n) is 6.77. The quantitative estimate of drug-likeness (QED) is 0.401. The Balaban J connectivity index is 1.37. The second kappa shape index (κ2) is 19.6. The summed E-state index contributed by atoms with van der Waals surface area (Å²) in [5.74, 6) is -0.556. The molecule has 3 aromatic carbocycles. The van der Waals surface area contributed by atoms with Gasteiger partial charge in [-0.2, -0.15) is 0 Å². The van der Waals surface area contributed by atoms with Crippen LogP contribution in [0.2, 0.25) is 0 Å². The van der Waals surface area contributed by atoms with Crippen LogP contribution in [0.15, 0.2) is 84.9 Å².